The highest BCUT2D eigenvalue weighted by molar-refractivity contribution is 8.13. The zero-order chi connectivity index (χ0) is 20.7. The molecular formula is C19H28N4O3S2. The van der Waals surface area contributed by atoms with Crippen molar-refractivity contribution < 1.29 is 14.3 Å². The van der Waals surface area contributed by atoms with Crippen LogP contribution in [0.4, 0.5) is 10.5 Å². The molecule has 1 aliphatic heterocycles. The first-order valence-corrected chi connectivity index (χ1v) is 10.6. The quantitative estimate of drug-likeness (QED) is 0.431. The first-order chi connectivity index (χ1) is 13.2. The lowest BCUT2D eigenvalue weighted by molar-refractivity contribution is 0.0275. The highest BCUT2D eigenvalue weighted by Gasteiger charge is 2.30. The van der Waals surface area contributed by atoms with Crippen molar-refractivity contribution in [2.45, 2.75) is 45.8 Å². The van der Waals surface area contributed by atoms with Crippen molar-refractivity contribution in [1.82, 2.24) is 4.90 Å². The van der Waals surface area contributed by atoms with E-state index < -0.39 is 5.60 Å². The van der Waals surface area contributed by atoms with Crippen LogP contribution in [-0.2, 0) is 4.74 Å². The predicted molar refractivity (Wildman–Crippen MR) is 119 cm³/mol. The van der Waals surface area contributed by atoms with Gasteiger partial charge in [-0.3, -0.25) is 0 Å². The number of amidine groups is 1. The topological polar surface area (TPSA) is 89.2 Å². The number of thiocarbonyl (C=S) groups is 1. The van der Waals surface area contributed by atoms with Gasteiger partial charge in [-0.05, 0) is 63.0 Å². The Labute approximate surface area is 176 Å². The van der Waals surface area contributed by atoms with E-state index >= 15 is 0 Å². The molecule has 154 valence electrons. The molecule has 2 rings (SSSR count). The molecule has 1 fully saturated rings. The first kappa shape index (κ1) is 22.3. The largest absolute Gasteiger partial charge is 0.489 e. The number of carbonyl (C=O) groups excluding carboxylic acids is 1. The number of nitrogens with two attached hydrogens (primary N) is 1. The first-order valence-electron chi connectivity index (χ1n) is 9.19. The molecule has 1 aliphatic rings. The Bertz CT molecular complexity index is 717. The standard InChI is InChI=1S/C19H28N4O3S2/c1-5-28-16(20)22-17(27)21-13-6-8-14(9-7-13)25-15-10-11-23(12-15)18(24)26-19(2,3)4/h6-9,15H,5,10-12H2,1-4H3,(H3,20,21,22,27). The normalized spacial score (nSPS) is 17.4. The monoisotopic (exact) mass is 424 g/mol. The van der Waals surface area contributed by atoms with Crippen molar-refractivity contribution in [1.29, 1.82) is 0 Å². The molecule has 0 radical (unpaired) electrons. The minimum absolute atomic E-state index is 0.0529. The molecule has 0 aromatic heterocycles. The highest BCUT2D eigenvalue weighted by Crippen LogP contribution is 2.22. The molecule has 1 aromatic rings. The number of benzene rings is 1. The second kappa shape index (κ2) is 9.97. The van der Waals surface area contributed by atoms with Crippen molar-refractivity contribution in [2.24, 2.45) is 10.7 Å². The van der Waals surface area contributed by atoms with Crippen LogP contribution in [0, 0.1) is 0 Å². The summed E-state index contributed by atoms with van der Waals surface area (Å²) in [5.74, 6) is 1.58. The van der Waals surface area contributed by atoms with Gasteiger partial charge in [-0.1, -0.05) is 18.7 Å². The van der Waals surface area contributed by atoms with E-state index in [2.05, 4.69) is 10.3 Å². The number of hydrogen-bond donors (Lipinski definition) is 2. The number of rotatable bonds is 4. The fourth-order valence-corrected chi connectivity index (χ4v) is 3.28. The average Bonchev–Trinajstić information content (AvgIpc) is 3.04. The number of thioether (sulfide) groups is 1. The van der Waals surface area contributed by atoms with Gasteiger partial charge in [-0.15, -0.1) is 0 Å². The van der Waals surface area contributed by atoms with E-state index in [0.29, 0.717) is 23.4 Å². The van der Waals surface area contributed by atoms with E-state index in [0.717, 1.165) is 23.6 Å². The summed E-state index contributed by atoms with van der Waals surface area (Å²) in [5, 5.41) is 3.78. The van der Waals surface area contributed by atoms with Gasteiger partial charge in [0.05, 0.1) is 6.54 Å². The van der Waals surface area contributed by atoms with Gasteiger partial charge in [0.2, 0.25) is 0 Å². The van der Waals surface area contributed by atoms with Gasteiger partial charge < -0.3 is 25.4 Å². The van der Waals surface area contributed by atoms with Crippen LogP contribution in [0.1, 0.15) is 34.1 Å². The van der Waals surface area contributed by atoms with E-state index in [1.54, 1.807) is 4.90 Å². The summed E-state index contributed by atoms with van der Waals surface area (Å²) in [6, 6.07) is 7.44. The minimum Gasteiger partial charge on any atom is -0.489 e. The lowest BCUT2D eigenvalue weighted by Gasteiger charge is -2.24. The molecule has 7 nitrogen and oxygen atoms in total. The number of nitrogens with zero attached hydrogens (tertiary/aromatic N) is 2. The molecule has 1 unspecified atom stereocenters. The molecule has 1 saturated heterocycles. The van der Waals surface area contributed by atoms with Gasteiger partial charge in [0, 0.05) is 18.7 Å². The molecule has 0 spiro atoms. The van der Waals surface area contributed by atoms with Crippen LogP contribution < -0.4 is 15.8 Å². The maximum absolute atomic E-state index is 12.1. The predicted octanol–water partition coefficient (Wildman–Crippen LogP) is 3.84. The third-order valence-corrected chi connectivity index (χ3v) is 4.58. The molecule has 1 atom stereocenters. The number of anilines is 1. The second-order valence-electron chi connectivity index (χ2n) is 7.29. The Morgan fingerprint density at radius 3 is 2.68 bits per heavy atom. The third-order valence-electron chi connectivity index (χ3n) is 3.71. The van der Waals surface area contributed by atoms with Crippen LogP contribution in [-0.4, -0.2) is 51.8 Å². The molecule has 1 aromatic carbocycles. The number of amides is 1. The smallest absolute Gasteiger partial charge is 0.410 e. The van der Waals surface area contributed by atoms with Gasteiger partial charge in [0.25, 0.3) is 0 Å². The summed E-state index contributed by atoms with van der Waals surface area (Å²) in [6.07, 6.45) is 0.419. The highest BCUT2D eigenvalue weighted by atomic mass is 32.2. The van der Waals surface area contributed by atoms with Gasteiger partial charge in [-0.25, -0.2) is 4.79 Å². The van der Waals surface area contributed by atoms with Gasteiger partial charge in [0.1, 0.15) is 17.5 Å². The number of carbonyl (C=O) groups is 1. The van der Waals surface area contributed by atoms with Crippen LogP contribution in [0.3, 0.4) is 0 Å². The molecule has 0 aliphatic carbocycles. The molecule has 1 amide bonds. The Morgan fingerprint density at radius 2 is 2.07 bits per heavy atom. The van der Waals surface area contributed by atoms with Crippen LogP contribution in [0.15, 0.2) is 29.3 Å². The summed E-state index contributed by atoms with van der Waals surface area (Å²) in [5.41, 5.74) is 6.06. The molecule has 3 N–H and O–H groups in total. The fraction of sp³-hybridized carbons (Fsp3) is 0.526. The molecule has 28 heavy (non-hydrogen) atoms. The van der Waals surface area contributed by atoms with Crippen LogP contribution in [0.2, 0.25) is 0 Å². The van der Waals surface area contributed by atoms with E-state index in [-0.39, 0.29) is 12.2 Å². The van der Waals surface area contributed by atoms with E-state index in [1.165, 1.54) is 11.8 Å². The van der Waals surface area contributed by atoms with Crippen LogP contribution >= 0.6 is 24.0 Å². The third kappa shape index (κ3) is 7.55. The van der Waals surface area contributed by atoms with Crippen molar-refractivity contribution >= 4 is 46.0 Å². The maximum Gasteiger partial charge on any atom is 0.410 e. The summed E-state index contributed by atoms with van der Waals surface area (Å²) in [6.45, 7) is 8.72. The van der Waals surface area contributed by atoms with Crippen molar-refractivity contribution in [2.75, 3.05) is 24.2 Å². The SMILES string of the molecule is CCS/C(N)=N/C(=S)Nc1ccc(OC2CCN(C(=O)OC(C)(C)C)C2)cc1. The lowest BCUT2D eigenvalue weighted by Crippen LogP contribution is -2.36. The van der Waals surface area contributed by atoms with E-state index in [4.69, 9.17) is 27.4 Å². The lowest BCUT2D eigenvalue weighted by atomic mass is 10.2. The van der Waals surface area contributed by atoms with Crippen molar-refractivity contribution in [3.63, 3.8) is 0 Å². The fourth-order valence-electron chi connectivity index (χ4n) is 2.56. The summed E-state index contributed by atoms with van der Waals surface area (Å²) < 4.78 is 11.4. The zero-order valence-corrected chi connectivity index (χ0v) is 18.4. The summed E-state index contributed by atoms with van der Waals surface area (Å²) in [7, 11) is 0. The number of ether oxygens (including phenoxy) is 2. The zero-order valence-electron chi connectivity index (χ0n) is 16.7. The molecule has 9 heteroatoms. The average molecular weight is 425 g/mol. The summed E-state index contributed by atoms with van der Waals surface area (Å²) in [4.78, 5) is 17.9. The number of hydrogen-bond acceptors (Lipinski definition) is 5. The van der Waals surface area contributed by atoms with Crippen molar-refractivity contribution in [3.8, 4) is 5.75 Å². The van der Waals surface area contributed by atoms with E-state index in [1.807, 2.05) is 52.0 Å². The van der Waals surface area contributed by atoms with Gasteiger partial charge in [0.15, 0.2) is 10.3 Å². The van der Waals surface area contributed by atoms with Crippen LogP contribution in [0.5, 0.6) is 5.75 Å². The Morgan fingerprint density at radius 1 is 1.39 bits per heavy atom. The van der Waals surface area contributed by atoms with Crippen molar-refractivity contribution in [3.05, 3.63) is 24.3 Å². The number of aliphatic imine (C=N–C) groups is 1. The molecule has 1 heterocycles. The second-order valence-corrected chi connectivity index (χ2v) is 8.96. The Balaban J connectivity index is 1.84. The number of nitrogens with one attached hydrogen (secondary N) is 1. The Hall–Kier alpha value is -2.00. The van der Waals surface area contributed by atoms with Gasteiger partial charge >= 0.3 is 6.09 Å². The van der Waals surface area contributed by atoms with Gasteiger partial charge in [-0.2, -0.15) is 4.99 Å². The van der Waals surface area contributed by atoms with E-state index in [9.17, 15) is 4.79 Å². The molecule has 0 saturated carbocycles. The van der Waals surface area contributed by atoms with Crippen LogP contribution in [0.25, 0.3) is 0 Å². The minimum atomic E-state index is -0.497. The Kier molecular flexibility index (Phi) is 7.94. The number of likely N-dealkylation sites (tertiary alicyclic amines) is 1. The maximum atomic E-state index is 12.1. The molecule has 0 bridgehead atoms. The molecular weight excluding hydrogens is 396 g/mol. The summed E-state index contributed by atoms with van der Waals surface area (Å²) >= 11 is 6.62.